The summed E-state index contributed by atoms with van der Waals surface area (Å²) >= 11 is 0. The highest BCUT2D eigenvalue weighted by molar-refractivity contribution is 5.76. The number of esters is 1. The molecule has 0 saturated heterocycles. The Bertz CT molecular complexity index is 416. The van der Waals surface area contributed by atoms with Crippen LogP contribution in [0, 0.1) is 5.92 Å². The molecule has 2 amide bonds. The zero-order chi connectivity index (χ0) is 12.8. The first-order valence-electron chi connectivity index (χ1n) is 5.98. The van der Waals surface area contributed by atoms with E-state index >= 15 is 0 Å². The highest BCUT2D eigenvalue weighted by Gasteiger charge is 2.31. The number of benzene rings is 1. The fourth-order valence-electron chi connectivity index (χ4n) is 1.45. The largest absolute Gasteiger partial charge is 0.444 e. The molecule has 2 rings (SSSR count). The molecule has 1 aliphatic carbocycles. The first kappa shape index (κ1) is 12.4. The van der Waals surface area contributed by atoms with Gasteiger partial charge in [0.05, 0.1) is 5.92 Å². The highest BCUT2D eigenvalue weighted by atomic mass is 16.5. The molecule has 0 atom stereocenters. The minimum atomic E-state index is -0.345. The molecular weight excluding hydrogens is 232 g/mol. The molecule has 96 valence electrons. The lowest BCUT2D eigenvalue weighted by molar-refractivity contribution is -0.145. The molecule has 0 aromatic heterocycles. The van der Waals surface area contributed by atoms with E-state index in [2.05, 4.69) is 10.6 Å². The van der Waals surface area contributed by atoms with Gasteiger partial charge in [-0.15, -0.1) is 0 Å². The Morgan fingerprint density at radius 3 is 2.56 bits per heavy atom. The monoisotopic (exact) mass is 248 g/mol. The quantitative estimate of drug-likeness (QED) is 0.611. The fourth-order valence-corrected chi connectivity index (χ4v) is 1.45. The molecule has 1 aromatic rings. The Morgan fingerprint density at radius 1 is 1.17 bits per heavy atom. The maximum absolute atomic E-state index is 11.4. The molecule has 18 heavy (non-hydrogen) atoms. The Labute approximate surface area is 106 Å². The van der Waals surface area contributed by atoms with Crippen LogP contribution < -0.4 is 10.6 Å². The van der Waals surface area contributed by atoms with Gasteiger partial charge in [-0.2, -0.15) is 0 Å². The second kappa shape index (κ2) is 6.05. The zero-order valence-corrected chi connectivity index (χ0v) is 10.0. The van der Waals surface area contributed by atoms with Crippen LogP contribution in [0.4, 0.5) is 4.79 Å². The molecule has 1 aromatic carbocycles. The predicted octanol–water partition coefficient (Wildman–Crippen LogP) is 1.40. The number of rotatable bonds is 5. The average Bonchev–Trinajstić information content (AvgIpc) is 3.22. The third-order valence-corrected chi connectivity index (χ3v) is 2.65. The normalized spacial score (nSPS) is 13.8. The minimum Gasteiger partial charge on any atom is -0.444 e. The molecule has 0 bridgehead atoms. The van der Waals surface area contributed by atoms with E-state index in [1.165, 1.54) is 0 Å². The van der Waals surface area contributed by atoms with Crippen LogP contribution in [0.1, 0.15) is 18.4 Å². The molecule has 0 heterocycles. The third-order valence-electron chi connectivity index (χ3n) is 2.65. The van der Waals surface area contributed by atoms with Crippen LogP contribution in [0.25, 0.3) is 0 Å². The third kappa shape index (κ3) is 4.08. The first-order chi connectivity index (χ1) is 8.75. The van der Waals surface area contributed by atoms with Crippen molar-refractivity contribution in [2.75, 3.05) is 6.73 Å². The van der Waals surface area contributed by atoms with Crippen LogP contribution in [0.5, 0.6) is 0 Å². The summed E-state index contributed by atoms with van der Waals surface area (Å²) in [6.07, 6.45) is 1.80. The smallest absolute Gasteiger partial charge is 0.317 e. The van der Waals surface area contributed by atoms with Gasteiger partial charge in [0.25, 0.3) is 0 Å². The van der Waals surface area contributed by atoms with Crippen molar-refractivity contribution in [3.63, 3.8) is 0 Å². The lowest BCUT2D eigenvalue weighted by Crippen LogP contribution is -2.37. The van der Waals surface area contributed by atoms with E-state index in [1.54, 1.807) is 0 Å². The highest BCUT2D eigenvalue weighted by Crippen LogP contribution is 2.29. The van der Waals surface area contributed by atoms with Crippen LogP contribution >= 0.6 is 0 Å². The van der Waals surface area contributed by atoms with Gasteiger partial charge in [0.1, 0.15) is 0 Å². The molecule has 1 saturated carbocycles. The van der Waals surface area contributed by atoms with Crippen molar-refractivity contribution < 1.29 is 14.3 Å². The van der Waals surface area contributed by atoms with E-state index in [0.29, 0.717) is 6.54 Å². The molecule has 0 aliphatic heterocycles. The molecule has 5 nitrogen and oxygen atoms in total. The Kier molecular flexibility index (Phi) is 4.17. The number of carbonyl (C=O) groups excluding carboxylic acids is 2. The van der Waals surface area contributed by atoms with Crippen LogP contribution in [-0.4, -0.2) is 18.7 Å². The SMILES string of the molecule is O=C(NCOC(=O)C1CC1)NCc1ccccc1. The van der Waals surface area contributed by atoms with Crippen molar-refractivity contribution in [3.8, 4) is 0 Å². The molecule has 0 spiro atoms. The van der Waals surface area contributed by atoms with Crippen LogP contribution in [-0.2, 0) is 16.1 Å². The Balaban J connectivity index is 1.59. The number of urea groups is 1. The molecule has 5 heteroatoms. The second-order valence-corrected chi connectivity index (χ2v) is 4.23. The summed E-state index contributed by atoms with van der Waals surface area (Å²) < 4.78 is 4.88. The van der Waals surface area contributed by atoms with Crippen molar-refractivity contribution >= 4 is 12.0 Å². The standard InChI is InChI=1S/C13H16N2O3/c16-12(11-6-7-11)18-9-15-13(17)14-8-10-4-2-1-3-5-10/h1-5,11H,6-9H2,(H2,14,15,17). The van der Waals surface area contributed by atoms with E-state index in [0.717, 1.165) is 18.4 Å². The summed E-state index contributed by atoms with van der Waals surface area (Å²) in [5.41, 5.74) is 1.02. The summed E-state index contributed by atoms with van der Waals surface area (Å²) in [6, 6.07) is 9.24. The number of ether oxygens (including phenoxy) is 1. The Morgan fingerprint density at radius 2 is 1.89 bits per heavy atom. The van der Waals surface area contributed by atoms with Crippen molar-refractivity contribution in [1.82, 2.24) is 10.6 Å². The van der Waals surface area contributed by atoms with Gasteiger partial charge in [0, 0.05) is 6.54 Å². The number of carbonyl (C=O) groups is 2. The van der Waals surface area contributed by atoms with Crippen molar-refractivity contribution in [2.45, 2.75) is 19.4 Å². The maximum Gasteiger partial charge on any atom is 0.317 e. The van der Waals surface area contributed by atoms with Gasteiger partial charge in [-0.05, 0) is 18.4 Å². The first-order valence-corrected chi connectivity index (χ1v) is 5.98. The van der Waals surface area contributed by atoms with Gasteiger partial charge in [-0.25, -0.2) is 4.79 Å². The average molecular weight is 248 g/mol. The van der Waals surface area contributed by atoms with Gasteiger partial charge >= 0.3 is 12.0 Å². The maximum atomic E-state index is 11.4. The Hall–Kier alpha value is -2.04. The molecule has 1 fully saturated rings. The number of hydrogen-bond donors (Lipinski definition) is 2. The summed E-state index contributed by atoms with van der Waals surface area (Å²) in [6.45, 7) is 0.374. The molecule has 0 radical (unpaired) electrons. The van der Waals surface area contributed by atoms with E-state index < -0.39 is 0 Å². The van der Waals surface area contributed by atoms with E-state index in [9.17, 15) is 9.59 Å². The van der Waals surface area contributed by atoms with Crippen LogP contribution in [0.3, 0.4) is 0 Å². The van der Waals surface area contributed by atoms with Gasteiger partial charge < -0.3 is 15.4 Å². The van der Waals surface area contributed by atoms with Crippen molar-refractivity contribution in [3.05, 3.63) is 35.9 Å². The summed E-state index contributed by atoms with van der Waals surface area (Å²) in [5.74, 6) is -0.169. The predicted molar refractivity (Wildman–Crippen MR) is 65.5 cm³/mol. The van der Waals surface area contributed by atoms with Crippen molar-refractivity contribution in [1.29, 1.82) is 0 Å². The zero-order valence-electron chi connectivity index (χ0n) is 10.0. The molecule has 2 N–H and O–H groups in total. The summed E-state index contributed by atoms with van der Waals surface area (Å²) in [4.78, 5) is 22.5. The molecule has 0 unspecified atom stereocenters. The lowest BCUT2D eigenvalue weighted by Gasteiger charge is -2.08. The van der Waals surface area contributed by atoms with Gasteiger partial charge in [0.2, 0.25) is 0 Å². The second-order valence-electron chi connectivity index (χ2n) is 4.23. The molecule has 1 aliphatic rings. The molecular formula is C13H16N2O3. The van der Waals surface area contributed by atoms with Gasteiger partial charge in [0.15, 0.2) is 6.73 Å². The van der Waals surface area contributed by atoms with Gasteiger partial charge in [-0.1, -0.05) is 30.3 Å². The minimum absolute atomic E-state index is 0.0548. The van der Waals surface area contributed by atoms with Crippen LogP contribution in [0.15, 0.2) is 30.3 Å². The lowest BCUT2D eigenvalue weighted by atomic mass is 10.2. The summed E-state index contributed by atoms with van der Waals surface area (Å²) in [5, 5.41) is 5.15. The number of hydrogen-bond acceptors (Lipinski definition) is 3. The van der Waals surface area contributed by atoms with Crippen molar-refractivity contribution in [2.24, 2.45) is 5.92 Å². The topological polar surface area (TPSA) is 67.4 Å². The van der Waals surface area contributed by atoms with Crippen LogP contribution in [0.2, 0.25) is 0 Å². The fraction of sp³-hybridized carbons (Fsp3) is 0.385. The van der Waals surface area contributed by atoms with E-state index in [-0.39, 0.29) is 24.6 Å². The number of amides is 2. The van der Waals surface area contributed by atoms with E-state index in [4.69, 9.17) is 4.74 Å². The number of nitrogens with one attached hydrogen (secondary N) is 2. The summed E-state index contributed by atoms with van der Waals surface area (Å²) in [7, 11) is 0. The van der Waals surface area contributed by atoms with E-state index in [1.807, 2.05) is 30.3 Å². The van der Waals surface area contributed by atoms with Gasteiger partial charge in [-0.3, -0.25) is 4.79 Å².